The highest BCUT2D eigenvalue weighted by Gasteiger charge is 2.10. The summed E-state index contributed by atoms with van der Waals surface area (Å²) in [6.07, 6.45) is 0.806. The third-order valence-electron chi connectivity index (χ3n) is 3.48. The number of nitrogens with one attached hydrogen (secondary N) is 2. The van der Waals surface area contributed by atoms with E-state index < -0.39 is 0 Å². The third-order valence-corrected chi connectivity index (χ3v) is 4.71. The van der Waals surface area contributed by atoms with Gasteiger partial charge in [-0.1, -0.05) is 29.8 Å². The first-order valence-electron chi connectivity index (χ1n) is 6.75. The fourth-order valence-corrected chi connectivity index (χ4v) is 3.44. The first-order chi connectivity index (χ1) is 10.1. The van der Waals surface area contributed by atoms with Crippen molar-refractivity contribution in [3.8, 4) is 0 Å². The van der Waals surface area contributed by atoms with Gasteiger partial charge in [-0.25, -0.2) is 0 Å². The van der Waals surface area contributed by atoms with Crippen LogP contribution >= 0.6 is 22.9 Å². The van der Waals surface area contributed by atoms with Crippen LogP contribution in [0.1, 0.15) is 20.9 Å². The molecule has 1 aromatic carbocycles. The van der Waals surface area contributed by atoms with E-state index in [4.69, 9.17) is 11.6 Å². The molecule has 2 aromatic heterocycles. The van der Waals surface area contributed by atoms with Crippen LogP contribution in [0.5, 0.6) is 0 Å². The summed E-state index contributed by atoms with van der Waals surface area (Å²) < 4.78 is 0.632. The van der Waals surface area contributed by atoms with Gasteiger partial charge in [-0.3, -0.25) is 4.79 Å². The molecule has 0 unspecified atom stereocenters. The Labute approximate surface area is 131 Å². The fraction of sp³-hybridized carbons (Fsp3) is 0.188. The Morgan fingerprint density at radius 1 is 1.29 bits per heavy atom. The van der Waals surface area contributed by atoms with Crippen molar-refractivity contribution < 1.29 is 4.79 Å². The van der Waals surface area contributed by atoms with Crippen LogP contribution in [0.25, 0.3) is 10.9 Å². The zero-order valence-corrected chi connectivity index (χ0v) is 13.1. The van der Waals surface area contributed by atoms with Crippen molar-refractivity contribution in [2.45, 2.75) is 13.3 Å². The van der Waals surface area contributed by atoms with Crippen molar-refractivity contribution in [2.75, 3.05) is 6.54 Å². The topological polar surface area (TPSA) is 44.9 Å². The Bertz CT molecular complexity index is 791. The van der Waals surface area contributed by atoms with Crippen molar-refractivity contribution in [3.63, 3.8) is 0 Å². The van der Waals surface area contributed by atoms with Crippen LogP contribution in [0, 0.1) is 6.92 Å². The van der Waals surface area contributed by atoms with Crippen molar-refractivity contribution >= 4 is 39.7 Å². The molecule has 108 valence electrons. The zero-order valence-electron chi connectivity index (χ0n) is 11.6. The first kappa shape index (κ1) is 14.2. The molecule has 0 aliphatic rings. The average molecular weight is 319 g/mol. The number of aromatic nitrogens is 1. The quantitative estimate of drug-likeness (QED) is 0.745. The summed E-state index contributed by atoms with van der Waals surface area (Å²) in [6.45, 7) is 2.67. The molecule has 0 saturated carbocycles. The molecule has 0 bridgehead atoms. The van der Waals surface area contributed by atoms with E-state index >= 15 is 0 Å². The van der Waals surface area contributed by atoms with Crippen LogP contribution in [-0.2, 0) is 6.42 Å². The zero-order chi connectivity index (χ0) is 14.8. The van der Waals surface area contributed by atoms with Crippen LogP contribution in [0.4, 0.5) is 0 Å². The molecule has 0 saturated heterocycles. The third kappa shape index (κ3) is 2.96. The Morgan fingerprint density at radius 3 is 2.86 bits per heavy atom. The van der Waals surface area contributed by atoms with Crippen LogP contribution in [0.15, 0.2) is 36.4 Å². The predicted octanol–water partition coefficient (Wildman–Crippen LogP) is 4.16. The van der Waals surface area contributed by atoms with E-state index in [1.807, 2.05) is 12.1 Å². The molecule has 5 heteroatoms. The number of rotatable bonds is 4. The number of hydrogen-bond donors (Lipinski definition) is 2. The molecule has 3 aromatic rings. The lowest BCUT2D eigenvalue weighted by molar-refractivity contribution is 0.0958. The number of benzene rings is 1. The summed E-state index contributed by atoms with van der Waals surface area (Å²) in [4.78, 5) is 16.0. The second-order valence-corrected chi connectivity index (χ2v) is 6.60. The molecule has 0 fully saturated rings. The van der Waals surface area contributed by atoms with Gasteiger partial charge in [0.25, 0.3) is 5.91 Å². The number of fused-ring (bicyclic) bond motifs is 1. The molecule has 0 atom stereocenters. The molecule has 2 N–H and O–H groups in total. The van der Waals surface area contributed by atoms with Gasteiger partial charge >= 0.3 is 0 Å². The van der Waals surface area contributed by atoms with E-state index in [1.54, 1.807) is 12.1 Å². The molecule has 0 aliphatic carbocycles. The number of carbonyl (C=O) groups is 1. The smallest absolute Gasteiger partial charge is 0.261 e. The van der Waals surface area contributed by atoms with Crippen LogP contribution in [-0.4, -0.2) is 17.4 Å². The average Bonchev–Trinajstić information content (AvgIpc) is 3.03. The van der Waals surface area contributed by atoms with Gasteiger partial charge in [-0.2, -0.15) is 0 Å². The number of hydrogen-bond acceptors (Lipinski definition) is 2. The molecule has 3 rings (SSSR count). The highest BCUT2D eigenvalue weighted by atomic mass is 35.5. The van der Waals surface area contributed by atoms with Crippen LogP contribution in [0.3, 0.4) is 0 Å². The molecule has 0 radical (unpaired) electrons. The molecule has 3 nitrogen and oxygen atoms in total. The number of halogens is 1. The maximum Gasteiger partial charge on any atom is 0.261 e. The Hall–Kier alpha value is -1.78. The Kier molecular flexibility index (Phi) is 3.99. The summed E-state index contributed by atoms with van der Waals surface area (Å²) in [6, 6.07) is 11.7. The van der Waals surface area contributed by atoms with Crippen molar-refractivity contribution in [3.05, 3.63) is 56.9 Å². The summed E-state index contributed by atoms with van der Waals surface area (Å²) in [5.41, 5.74) is 3.56. The monoisotopic (exact) mass is 318 g/mol. The summed E-state index contributed by atoms with van der Waals surface area (Å²) in [7, 11) is 0. The molecule has 0 spiro atoms. The van der Waals surface area contributed by atoms with Gasteiger partial charge in [0.1, 0.15) is 0 Å². The number of thiophene rings is 1. The molecule has 2 heterocycles. The maximum absolute atomic E-state index is 12.0. The number of aryl methyl sites for hydroxylation is 1. The van der Waals surface area contributed by atoms with E-state index in [9.17, 15) is 4.79 Å². The predicted molar refractivity (Wildman–Crippen MR) is 88.4 cm³/mol. The summed E-state index contributed by atoms with van der Waals surface area (Å²) in [5.74, 6) is -0.0654. The van der Waals surface area contributed by atoms with Gasteiger partial charge in [0.2, 0.25) is 0 Å². The lowest BCUT2D eigenvalue weighted by atomic mass is 10.1. The Morgan fingerprint density at radius 2 is 2.10 bits per heavy atom. The standard InChI is InChI=1S/C16H15ClN2OS/c1-10-11(12-4-2-3-5-13(12)19-10)8-9-18-16(20)14-6-7-15(17)21-14/h2-7,19H,8-9H2,1H3,(H,18,20). The van der Waals surface area contributed by atoms with Crippen molar-refractivity contribution in [1.29, 1.82) is 0 Å². The second-order valence-electron chi connectivity index (χ2n) is 4.88. The molecular weight excluding hydrogens is 304 g/mol. The molecule has 0 aliphatic heterocycles. The van der Waals surface area contributed by atoms with Crippen molar-refractivity contribution in [2.24, 2.45) is 0 Å². The van der Waals surface area contributed by atoms with Gasteiger partial charge < -0.3 is 10.3 Å². The minimum Gasteiger partial charge on any atom is -0.358 e. The molecular formula is C16H15ClN2OS. The summed E-state index contributed by atoms with van der Waals surface area (Å²) >= 11 is 7.14. The molecule has 1 amide bonds. The Balaban J connectivity index is 1.67. The first-order valence-corrected chi connectivity index (χ1v) is 7.94. The van der Waals surface area contributed by atoms with E-state index in [2.05, 4.69) is 29.4 Å². The van der Waals surface area contributed by atoms with Crippen LogP contribution in [0.2, 0.25) is 4.34 Å². The van der Waals surface area contributed by atoms with E-state index in [0.717, 1.165) is 17.6 Å². The number of amides is 1. The lowest BCUT2D eigenvalue weighted by Gasteiger charge is -2.04. The van der Waals surface area contributed by atoms with Gasteiger partial charge in [-0.05, 0) is 37.1 Å². The van der Waals surface area contributed by atoms with E-state index in [1.165, 1.54) is 22.3 Å². The number of aromatic amines is 1. The lowest BCUT2D eigenvalue weighted by Crippen LogP contribution is -2.24. The fourth-order valence-electron chi connectivity index (χ4n) is 2.48. The number of carbonyl (C=O) groups excluding carboxylic acids is 1. The van der Waals surface area contributed by atoms with Gasteiger partial charge in [0, 0.05) is 23.1 Å². The van der Waals surface area contributed by atoms with Gasteiger partial charge in [0.05, 0.1) is 9.21 Å². The van der Waals surface area contributed by atoms with Crippen molar-refractivity contribution in [1.82, 2.24) is 10.3 Å². The number of H-pyrrole nitrogens is 1. The number of para-hydroxylation sites is 1. The maximum atomic E-state index is 12.0. The highest BCUT2D eigenvalue weighted by Crippen LogP contribution is 2.23. The van der Waals surface area contributed by atoms with Gasteiger partial charge in [0.15, 0.2) is 0 Å². The SMILES string of the molecule is Cc1[nH]c2ccccc2c1CCNC(=O)c1ccc(Cl)s1. The summed E-state index contributed by atoms with van der Waals surface area (Å²) in [5, 5.41) is 4.17. The highest BCUT2D eigenvalue weighted by molar-refractivity contribution is 7.17. The van der Waals surface area contributed by atoms with Gasteiger partial charge in [-0.15, -0.1) is 11.3 Å². The normalized spacial score (nSPS) is 11.0. The minimum absolute atomic E-state index is 0.0654. The largest absolute Gasteiger partial charge is 0.358 e. The molecule has 21 heavy (non-hydrogen) atoms. The van der Waals surface area contributed by atoms with E-state index in [-0.39, 0.29) is 5.91 Å². The second kappa shape index (κ2) is 5.92. The van der Waals surface area contributed by atoms with Crippen LogP contribution < -0.4 is 5.32 Å². The van der Waals surface area contributed by atoms with E-state index in [0.29, 0.717) is 15.8 Å². The minimum atomic E-state index is -0.0654.